The maximum atomic E-state index is 13.2. The van der Waals surface area contributed by atoms with Crippen LogP contribution in [0.4, 0.5) is 8.78 Å². The maximum Gasteiger partial charge on any atom is 0.126 e. The first-order chi connectivity index (χ1) is 8.40. The molecule has 100 valence electrons. The van der Waals surface area contributed by atoms with Gasteiger partial charge in [-0.15, -0.1) is 0 Å². The van der Waals surface area contributed by atoms with Crippen LogP contribution >= 0.6 is 0 Å². The maximum absolute atomic E-state index is 13.2. The molecule has 0 amide bonds. The monoisotopic (exact) mass is 256 g/mol. The molecule has 0 radical (unpaired) electrons. The highest BCUT2D eigenvalue weighted by Gasteiger charge is 2.41. The first-order valence-corrected chi connectivity index (χ1v) is 6.19. The van der Waals surface area contributed by atoms with Gasteiger partial charge in [0.2, 0.25) is 0 Å². The van der Waals surface area contributed by atoms with Gasteiger partial charge in [-0.3, -0.25) is 0 Å². The predicted octanol–water partition coefficient (Wildman–Crippen LogP) is 3.06. The summed E-state index contributed by atoms with van der Waals surface area (Å²) in [5.74, 6) is -1.35. The van der Waals surface area contributed by atoms with E-state index in [0.29, 0.717) is 0 Å². The Balaban J connectivity index is 2.28. The summed E-state index contributed by atoms with van der Waals surface area (Å²) in [5.41, 5.74) is 0.272. The van der Waals surface area contributed by atoms with Crippen LogP contribution in [0.5, 0.6) is 0 Å². The van der Waals surface area contributed by atoms with Crippen molar-refractivity contribution in [2.24, 2.45) is 11.8 Å². The van der Waals surface area contributed by atoms with Crippen LogP contribution in [0, 0.1) is 23.5 Å². The standard InChI is InChI=1S/C14H18F2O2/c1-7-8(2)18-9(3)13(7)14(17)10-4-11(15)6-12(16)5-10/h4-9,13-14,17H,1-3H3. The predicted molar refractivity (Wildman–Crippen MR) is 64.0 cm³/mol. The molecular formula is C14H18F2O2. The van der Waals surface area contributed by atoms with Gasteiger partial charge < -0.3 is 9.84 Å². The molecule has 1 N–H and O–H groups in total. The average Bonchev–Trinajstić information content (AvgIpc) is 2.51. The Kier molecular flexibility index (Phi) is 3.69. The van der Waals surface area contributed by atoms with E-state index in [4.69, 9.17) is 4.74 Å². The fourth-order valence-corrected chi connectivity index (χ4v) is 2.81. The van der Waals surface area contributed by atoms with Crippen LogP contribution in [0.1, 0.15) is 32.4 Å². The fraction of sp³-hybridized carbons (Fsp3) is 0.571. The molecule has 4 heteroatoms. The molecule has 0 saturated carbocycles. The summed E-state index contributed by atoms with van der Waals surface area (Å²) in [6.07, 6.45) is -1.00. The van der Waals surface area contributed by atoms with E-state index in [1.54, 1.807) is 0 Å². The van der Waals surface area contributed by atoms with Gasteiger partial charge in [-0.1, -0.05) is 6.92 Å². The lowest BCUT2D eigenvalue weighted by molar-refractivity contribution is 0.0229. The van der Waals surface area contributed by atoms with Gasteiger partial charge in [-0.2, -0.15) is 0 Å². The van der Waals surface area contributed by atoms with E-state index >= 15 is 0 Å². The minimum atomic E-state index is -0.912. The van der Waals surface area contributed by atoms with Gasteiger partial charge in [-0.05, 0) is 37.5 Å². The summed E-state index contributed by atoms with van der Waals surface area (Å²) >= 11 is 0. The molecule has 1 aliphatic heterocycles. The van der Waals surface area contributed by atoms with E-state index in [0.717, 1.165) is 6.07 Å². The van der Waals surface area contributed by atoms with Crippen molar-refractivity contribution in [2.45, 2.75) is 39.1 Å². The second-order valence-corrected chi connectivity index (χ2v) is 5.13. The molecule has 5 unspecified atom stereocenters. The number of hydrogen-bond donors (Lipinski definition) is 1. The Morgan fingerprint density at radius 3 is 2.06 bits per heavy atom. The van der Waals surface area contributed by atoms with Gasteiger partial charge in [0.1, 0.15) is 11.6 Å². The normalized spacial score (nSPS) is 33.7. The van der Waals surface area contributed by atoms with Crippen LogP contribution in [-0.4, -0.2) is 17.3 Å². The van der Waals surface area contributed by atoms with Crippen molar-refractivity contribution in [3.05, 3.63) is 35.4 Å². The third-order valence-corrected chi connectivity index (χ3v) is 3.91. The van der Waals surface area contributed by atoms with Crippen molar-refractivity contribution in [3.8, 4) is 0 Å². The van der Waals surface area contributed by atoms with Crippen molar-refractivity contribution < 1.29 is 18.6 Å². The van der Waals surface area contributed by atoms with Crippen LogP contribution in [0.25, 0.3) is 0 Å². The molecule has 1 aromatic rings. The molecule has 5 atom stereocenters. The van der Waals surface area contributed by atoms with Gasteiger partial charge in [0.05, 0.1) is 18.3 Å². The summed E-state index contributed by atoms with van der Waals surface area (Å²) in [6, 6.07) is 3.16. The van der Waals surface area contributed by atoms with Crippen LogP contribution < -0.4 is 0 Å². The van der Waals surface area contributed by atoms with E-state index in [1.165, 1.54) is 12.1 Å². The number of aliphatic hydroxyl groups excluding tert-OH is 1. The molecule has 0 aromatic heterocycles. The third-order valence-electron chi connectivity index (χ3n) is 3.91. The lowest BCUT2D eigenvalue weighted by atomic mass is 9.82. The topological polar surface area (TPSA) is 29.5 Å². The molecule has 0 bridgehead atoms. The van der Waals surface area contributed by atoms with Crippen LogP contribution in [0.2, 0.25) is 0 Å². The zero-order valence-corrected chi connectivity index (χ0v) is 10.7. The average molecular weight is 256 g/mol. The quantitative estimate of drug-likeness (QED) is 0.881. The van der Waals surface area contributed by atoms with Crippen LogP contribution in [0.15, 0.2) is 18.2 Å². The molecule has 1 aliphatic rings. The Morgan fingerprint density at radius 1 is 1.06 bits per heavy atom. The summed E-state index contributed by atoms with van der Waals surface area (Å²) in [7, 11) is 0. The van der Waals surface area contributed by atoms with Crippen molar-refractivity contribution in [3.63, 3.8) is 0 Å². The molecular weight excluding hydrogens is 238 g/mol. The highest BCUT2D eigenvalue weighted by molar-refractivity contribution is 5.21. The van der Waals surface area contributed by atoms with Crippen molar-refractivity contribution in [1.29, 1.82) is 0 Å². The highest BCUT2D eigenvalue weighted by atomic mass is 19.1. The minimum Gasteiger partial charge on any atom is -0.388 e. The SMILES string of the molecule is CC1OC(C)C(C(O)c2cc(F)cc(F)c2)C1C. The zero-order chi connectivity index (χ0) is 13.4. The van der Waals surface area contributed by atoms with Crippen molar-refractivity contribution in [2.75, 3.05) is 0 Å². The van der Waals surface area contributed by atoms with Gasteiger partial charge in [0, 0.05) is 12.0 Å². The Labute approximate surface area is 106 Å². The number of benzene rings is 1. The fourth-order valence-electron chi connectivity index (χ4n) is 2.81. The Morgan fingerprint density at radius 2 is 1.61 bits per heavy atom. The molecule has 1 saturated heterocycles. The number of ether oxygens (including phenoxy) is 1. The molecule has 1 heterocycles. The second-order valence-electron chi connectivity index (χ2n) is 5.13. The summed E-state index contributed by atoms with van der Waals surface area (Å²) in [6.45, 7) is 5.81. The zero-order valence-electron chi connectivity index (χ0n) is 10.7. The molecule has 0 aliphatic carbocycles. The Bertz CT molecular complexity index is 416. The molecule has 18 heavy (non-hydrogen) atoms. The van der Waals surface area contributed by atoms with E-state index in [9.17, 15) is 13.9 Å². The lowest BCUT2D eigenvalue weighted by Crippen LogP contribution is -2.25. The van der Waals surface area contributed by atoms with Crippen LogP contribution in [0.3, 0.4) is 0 Å². The summed E-state index contributed by atoms with van der Waals surface area (Å²) < 4.78 is 32.0. The first-order valence-electron chi connectivity index (χ1n) is 6.19. The van der Waals surface area contributed by atoms with E-state index in [1.807, 2.05) is 20.8 Å². The second kappa shape index (κ2) is 4.94. The number of halogens is 2. The largest absolute Gasteiger partial charge is 0.388 e. The van der Waals surface area contributed by atoms with Gasteiger partial charge >= 0.3 is 0 Å². The number of hydrogen-bond acceptors (Lipinski definition) is 2. The molecule has 2 nitrogen and oxygen atoms in total. The minimum absolute atomic E-state index is 0.0399. The molecule has 0 spiro atoms. The van der Waals surface area contributed by atoms with Gasteiger partial charge in [-0.25, -0.2) is 8.78 Å². The van der Waals surface area contributed by atoms with Gasteiger partial charge in [0.15, 0.2) is 0 Å². The van der Waals surface area contributed by atoms with Crippen molar-refractivity contribution in [1.82, 2.24) is 0 Å². The first kappa shape index (κ1) is 13.4. The number of rotatable bonds is 2. The highest BCUT2D eigenvalue weighted by Crippen LogP contribution is 2.40. The molecule has 2 rings (SSSR count). The van der Waals surface area contributed by atoms with E-state index < -0.39 is 17.7 Å². The third kappa shape index (κ3) is 2.40. The lowest BCUT2D eigenvalue weighted by Gasteiger charge is -2.25. The molecule has 1 aromatic carbocycles. The smallest absolute Gasteiger partial charge is 0.126 e. The van der Waals surface area contributed by atoms with E-state index in [2.05, 4.69) is 0 Å². The van der Waals surface area contributed by atoms with Gasteiger partial charge in [0.25, 0.3) is 0 Å². The van der Waals surface area contributed by atoms with Crippen LogP contribution in [-0.2, 0) is 4.74 Å². The Hall–Kier alpha value is -1.00. The van der Waals surface area contributed by atoms with Crippen molar-refractivity contribution >= 4 is 0 Å². The molecule has 1 fully saturated rings. The number of aliphatic hydroxyl groups is 1. The summed E-state index contributed by atoms with van der Waals surface area (Å²) in [5, 5.41) is 10.3. The van der Waals surface area contributed by atoms with E-state index in [-0.39, 0.29) is 29.6 Å². The summed E-state index contributed by atoms with van der Waals surface area (Å²) in [4.78, 5) is 0.